The maximum atomic E-state index is 12.5. The molecule has 3 aromatic rings. The SMILES string of the molecule is Cn1cc(-c2nn(C)cc2C(=O)Nc2cc(Cl)ccc2O)cn1. The lowest BCUT2D eigenvalue weighted by Crippen LogP contribution is -2.12. The first-order valence-corrected chi connectivity index (χ1v) is 7.14. The third kappa shape index (κ3) is 3.04. The Morgan fingerprint density at radius 2 is 2.04 bits per heavy atom. The van der Waals surface area contributed by atoms with Crippen LogP contribution in [0.1, 0.15) is 10.4 Å². The molecule has 0 aliphatic rings. The molecule has 0 aliphatic carbocycles. The minimum Gasteiger partial charge on any atom is -0.506 e. The van der Waals surface area contributed by atoms with Crippen LogP contribution in [-0.2, 0) is 14.1 Å². The van der Waals surface area contributed by atoms with Crippen LogP contribution in [-0.4, -0.2) is 30.6 Å². The number of aromatic nitrogens is 4. The van der Waals surface area contributed by atoms with Crippen molar-refractivity contribution < 1.29 is 9.90 Å². The van der Waals surface area contributed by atoms with E-state index in [0.717, 1.165) is 5.56 Å². The zero-order chi connectivity index (χ0) is 16.6. The maximum Gasteiger partial charge on any atom is 0.259 e. The van der Waals surface area contributed by atoms with E-state index in [1.165, 1.54) is 18.2 Å². The molecular weight excluding hydrogens is 318 g/mol. The number of anilines is 1. The molecule has 0 atom stereocenters. The van der Waals surface area contributed by atoms with E-state index in [0.29, 0.717) is 16.3 Å². The molecule has 2 heterocycles. The Bertz CT molecular complexity index is 884. The molecule has 1 amide bonds. The Kier molecular flexibility index (Phi) is 3.79. The highest BCUT2D eigenvalue weighted by atomic mass is 35.5. The van der Waals surface area contributed by atoms with Crippen molar-refractivity contribution in [3.63, 3.8) is 0 Å². The first-order valence-electron chi connectivity index (χ1n) is 6.76. The molecule has 7 nitrogen and oxygen atoms in total. The number of amides is 1. The number of nitrogens with zero attached hydrogens (tertiary/aromatic N) is 4. The van der Waals surface area contributed by atoms with E-state index < -0.39 is 5.91 Å². The Morgan fingerprint density at radius 1 is 1.26 bits per heavy atom. The Labute approximate surface area is 137 Å². The van der Waals surface area contributed by atoms with Gasteiger partial charge in [-0.2, -0.15) is 10.2 Å². The number of carbonyl (C=O) groups excluding carboxylic acids is 1. The van der Waals surface area contributed by atoms with Gasteiger partial charge in [0.2, 0.25) is 0 Å². The van der Waals surface area contributed by atoms with Crippen molar-refractivity contribution in [1.29, 1.82) is 0 Å². The molecule has 118 valence electrons. The van der Waals surface area contributed by atoms with Gasteiger partial charge < -0.3 is 10.4 Å². The minimum atomic E-state index is -0.394. The van der Waals surface area contributed by atoms with Gasteiger partial charge in [-0.25, -0.2) is 0 Å². The van der Waals surface area contributed by atoms with Crippen LogP contribution in [0.3, 0.4) is 0 Å². The second kappa shape index (κ2) is 5.77. The van der Waals surface area contributed by atoms with Gasteiger partial charge in [0.25, 0.3) is 5.91 Å². The number of halogens is 1. The van der Waals surface area contributed by atoms with Crippen LogP contribution in [0.5, 0.6) is 5.75 Å². The van der Waals surface area contributed by atoms with Crippen LogP contribution in [0.2, 0.25) is 5.02 Å². The van der Waals surface area contributed by atoms with Gasteiger partial charge >= 0.3 is 0 Å². The lowest BCUT2D eigenvalue weighted by Gasteiger charge is -2.07. The number of aryl methyl sites for hydroxylation is 2. The first-order chi connectivity index (χ1) is 10.9. The number of rotatable bonds is 3. The Morgan fingerprint density at radius 3 is 2.74 bits per heavy atom. The summed E-state index contributed by atoms with van der Waals surface area (Å²) < 4.78 is 3.18. The number of carbonyl (C=O) groups is 1. The van der Waals surface area contributed by atoms with E-state index in [1.54, 1.807) is 42.0 Å². The molecule has 0 spiro atoms. The number of nitrogens with one attached hydrogen (secondary N) is 1. The van der Waals surface area contributed by atoms with Crippen LogP contribution < -0.4 is 5.32 Å². The molecule has 2 aromatic heterocycles. The van der Waals surface area contributed by atoms with Gasteiger partial charge in [-0.3, -0.25) is 14.2 Å². The number of hydrogen-bond acceptors (Lipinski definition) is 4. The fourth-order valence-electron chi connectivity index (χ4n) is 2.21. The van der Waals surface area contributed by atoms with Crippen molar-refractivity contribution >= 4 is 23.2 Å². The molecule has 0 saturated heterocycles. The summed E-state index contributed by atoms with van der Waals surface area (Å²) in [4.78, 5) is 12.5. The largest absolute Gasteiger partial charge is 0.506 e. The number of phenols is 1. The summed E-state index contributed by atoms with van der Waals surface area (Å²) in [7, 11) is 3.52. The number of hydrogen-bond donors (Lipinski definition) is 2. The van der Waals surface area contributed by atoms with E-state index in [4.69, 9.17) is 11.6 Å². The van der Waals surface area contributed by atoms with Crippen molar-refractivity contribution in [1.82, 2.24) is 19.6 Å². The third-order valence-corrected chi connectivity index (χ3v) is 3.49. The van der Waals surface area contributed by atoms with Crippen LogP contribution in [0.15, 0.2) is 36.8 Å². The average Bonchev–Trinajstić information content (AvgIpc) is 3.08. The molecule has 0 unspecified atom stereocenters. The number of phenolic OH excluding ortho intramolecular Hbond substituents is 1. The normalized spacial score (nSPS) is 10.7. The lowest BCUT2D eigenvalue weighted by molar-refractivity contribution is 0.102. The van der Waals surface area contributed by atoms with Gasteiger partial charge in [0.1, 0.15) is 11.4 Å². The molecule has 2 N–H and O–H groups in total. The van der Waals surface area contributed by atoms with E-state index in [1.807, 2.05) is 0 Å². The zero-order valence-electron chi connectivity index (χ0n) is 12.5. The van der Waals surface area contributed by atoms with E-state index in [-0.39, 0.29) is 11.4 Å². The summed E-state index contributed by atoms with van der Waals surface area (Å²) in [6, 6.07) is 4.44. The van der Waals surface area contributed by atoms with Gasteiger partial charge in [0, 0.05) is 37.1 Å². The van der Waals surface area contributed by atoms with Crippen molar-refractivity contribution in [3.8, 4) is 17.0 Å². The summed E-state index contributed by atoms with van der Waals surface area (Å²) in [6.07, 6.45) is 5.02. The van der Waals surface area contributed by atoms with Crippen LogP contribution in [0, 0.1) is 0 Å². The standard InChI is InChI=1S/C15H14ClN5O2/c1-20-7-9(6-17-20)14-11(8-21(2)19-14)15(23)18-12-5-10(16)3-4-13(12)22/h3-8,22H,1-2H3,(H,18,23). The second-order valence-electron chi connectivity index (χ2n) is 5.08. The highest BCUT2D eigenvalue weighted by Crippen LogP contribution is 2.28. The first kappa shape index (κ1) is 15.1. The minimum absolute atomic E-state index is 0.0606. The van der Waals surface area contributed by atoms with Crippen molar-refractivity contribution in [2.24, 2.45) is 14.1 Å². The lowest BCUT2D eigenvalue weighted by atomic mass is 10.1. The maximum absolute atomic E-state index is 12.5. The molecule has 0 saturated carbocycles. The van der Waals surface area contributed by atoms with E-state index in [2.05, 4.69) is 15.5 Å². The third-order valence-electron chi connectivity index (χ3n) is 3.26. The van der Waals surface area contributed by atoms with Crippen LogP contribution in [0.25, 0.3) is 11.3 Å². The summed E-state index contributed by atoms with van der Waals surface area (Å²) in [5.74, 6) is -0.455. The monoisotopic (exact) mass is 331 g/mol. The van der Waals surface area contributed by atoms with Crippen LogP contribution >= 0.6 is 11.6 Å². The summed E-state index contributed by atoms with van der Waals surface area (Å²) >= 11 is 5.89. The fourth-order valence-corrected chi connectivity index (χ4v) is 2.38. The van der Waals surface area contributed by atoms with E-state index in [9.17, 15) is 9.90 Å². The van der Waals surface area contributed by atoms with Crippen molar-refractivity contribution in [2.45, 2.75) is 0 Å². The Balaban J connectivity index is 1.95. The van der Waals surface area contributed by atoms with Gasteiger partial charge in [0.15, 0.2) is 0 Å². The molecule has 0 aliphatic heterocycles. The second-order valence-corrected chi connectivity index (χ2v) is 5.52. The molecule has 8 heteroatoms. The molecule has 0 fully saturated rings. The molecule has 0 radical (unpaired) electrons. The predicted molar refractivity (Wildman–Crippen MR) is 86.5 cm³/mol. The smallest absolute Gasteiger partial charge is 0.259 e. The van der Waals surface area contributed by atoms with Gasteiger partial charge in [0.05, 0.1) is 17.4 Å². The van der Waals surface area contributed by atoms with Gasteiger partial charge in [-0.05, 0) is 18.2 Å². The zero-order valence-corrected chi connectivity index (χ0v) is 13.2. The van der Waals surface area contributed by atoms with Crippen molar-refractivity contribution in [3.05, 3.63) is 47.4 Å². The predicted octanol–water partition coefficient (Wildman–Crippen LogP) is 2.43. The Hall–Kier alpha value is -2.80. The highest BCUT2D eigenvalue weighted by Gasteiger charge is 2.19. The molecular formula is C15H14ClN5O2. The van der Waals surface area contributed by atoms with Crippen LogP contribution in [0.4, 0.5) is 5.69 Å². The summed E-state index contributed by atoms with van der Waals surface area (Å²) in [5.41, 5.74) is 1.86. The van der Waals surface area contributed by atoms with Gasteiger partial charge in [-0.1, -0.05) is 11.6 Å². The highest BCUT2D eigenvalue weighted by molar-refractivity contribution is 6.31. The van der Waals surface area contributed by atoms with Crippen molar-refractivity contribution in [2.75, 3.05) is 5.32 Å². The average molecular weight is 332 g/mol. The van der Waals surface area contributed by atoms with Gasteiger partial charge in [-0.15, -0.1) is 0 Å². The number of benzene rings is 1. The fraction of sp³-hybridized carbons (Fsp3) is 0.133. The topological polar surface area (TPSA) is 85.0 Å². The molecule has 1 aromatic carbocycles. The number of aromatic hydroxyl groups is 1. The molecule has 3 rings (SSSR count). The quantitative estimate of drug-likeness (QED) is 0.722. The summed E-state index contributed by atoms with van der Waals surface area (Å²) in [5, 5.41) is 21.3. The molecule has 23 heavy (non-hydrogen) atoms. The molecule has 0 bridgehead atoms. The van der Waals surface area contributed by atoms with E-state index >= 15 is 0 Å². The summed E-state index contributed by atoms with van der Waals surface area (Å²) in [6.45, 7) is 0.